The maximum atomic E-state index is 11.9. The number of hydrogen-bond donors (Lipinski definition) is 4. The van der Waals surface area contributed by atoms with Gasteiger partial charge < -0.3 is 25.6 Å². The van der Waals surface area contributed by atoms with Crippen molar-refractivity contribution >= 4 is 40.9 Å². The number of benzene rings is 1. The fourth-order valence-electron chi connectivity index (χ4n) is 2.06. The molecule has 1 atom stereocenters. The van der Waals surface area contributed by atoms with Crippen molar-refractivity contribution in [3.63, 3.8) is 0 Å². The van der Waals surface area contributed by atoms with Gasteiger partial charge >= 0.3 is 5.97 Å². The lowest BCUT2D eigenvalue weighted by molar-refractivity contribution is -0.137. The number of ether oxygens (including phenoxy) is 1. The number of rotatable bonds is 8. The third kappa shape index (κ3) is 6.29. The van der Waals surface area contributed by atoms with Crippen LogP contribution >= 0.6 is 11.8 Å². The number of amides is 2. The first-order valence-corrected chi connectivity index (χ1v) is 8.71. The summed E-state index contributed by atoms with van der Waals surface area (Å²) in [4.78, 5) is 34.0. The molecular weight excluding hydrogens is 376 g/mol. The van der Waals surface area contributed by atoms with E-state index < -0.39 is 17.1 Å². The number of nitrogens with zero attached hydrogens (tertiary/aromatic N) is 2. The van der Waals surface area contributed by atoms with Crippen molar-refractivity contribution in [2.45, 2.75) is 18.1 Å². The summed E-state index contributed by atoms with van der Waals surface area (Å²) in [5.41, 5.74) is 0.637. The van der Waals surface area contributed by atoms with Gasteiger partial charge in [-0.05, 0) is 23.8 Å². The lowest BCUT2D eigenvalue weighted by Gasteiger charge is -2.05. The number of aliphatic carboxylic acids is 1. The summed E-state index contributed by atoms with van der Waals surface area (Å²) in [6, 6.07) is 4.65. The number of carboxylic acid groups (broad SMARTS) is 1. The number of phenols is 1. The van der Waals surface area contributed by atoms with E-state index in [4.69, 9.17) is 9.84 Å². The zero-order valence-electron chi connectivity index (χ0n) is 14.3. The van der Waals surface area contributed by atoms with E-state index in [-0.39, 0.29) is 36.2 Å². The van der Waals surface area contributed by atoms with Crippen LogP contribution in [0.3, 0.4) is 0 Å². The molecule has 0 spiro atoms. The van der Waals surface area contributed by atoms with Crippen molar-refractivity contribution in [2.75, 3.05) is 13.7 Å². The number of amidine groups is 1. The molecule has 0 saturated carbocycles. The Kier molecular flexibility index (Phi) is 7.17. The minimum Gasteiger partial charge on any atom is -0.504 e. The first kappa shape index (κ1) is 20.2. The third-order valence-corrected chi connectivity index (χ3v) is 4.44. The van der Waals surface area contributed by atoms with Gasteiger partial charge in [0.2, 0.25) is 11.8 Å². The first-order valence-electron chi connectivity index (χ1n) is 7.83. The average molecular weight is 394 g/mol. The summed E-state index contributed by atoms with van der Waals surface area (Å²) < 4.78 is 4.99. The van der Waals surface area contributed by atoms with Gasteiger partial charge in [0, 0.05) is 13.0 Å². The molecule has 2 rings (SSSR count). The monoisotopic (exact) mass is 394 g/mol. The Hall–Kier alpha value is -3.08. The number of nitrogens with one attached hydrogen (secondary N) is 2. The smallest absolute Gasteiger partial charge is 0.305 e. The highest BCUT2D eigenvalue weighted by Crippen LogP contribution is 2.25. The fraction of sp³-hybridized carbons (Fsp3) is 0.312. The van der Waals surface area contributed by atoms with E-state index >= 15 is 0 Å². The van der Waals surface area contributed by atoms with Crippen LogP contribution in [0, 0.1) is 0 Å². The lowest BCUT2D eigenvalue weighted by atomic mass is 10.2. The number of carbonyl (C=O) groups excluding carboxylic acids is 2. The van der Waals surface area contributed by atoms with E-state index in [1.54, 1.807) is 12.1 Å². The predicted octanol–water partition coefficient (Wildman–Crippen LogP) is 0.303. The highest BCUT2D eigenvalue weighted by Gasteiger charge is 2.32. The van der Waals surface area contributed by atoms with Crippen LogP contribution in [0.25, 0.3) is 0 Å². The summed E-state index contributed by atoms with van der Waals surface area (Å²) in [5.74, 6) is -1.49. The lowest BCUT2D eigenvalue weighted by Crippen LogP contribution is -2.32. The summed E-state index contributed by atoms with van der Waals surface area (Å²) in [7, 11) is 1.43. The molecule has 1 aromatic carbocycles. The molecule has 1 fully saturated rings. The Morgan fingerprint density at radius 1 is 1.44 bits per heavy atom. The molecule has 1 aliphatic heterocycles. The first-order chi connectivity index (χ1) is 12.9. The third-order valence-electron chi connectivity index (χ3n) is 3.37. The van der Waals surface area contributed by atoms with Gasteiger partial charge in [-0.3, -0.25) is 14.4 Å². The Morgan fingerprint density at radius 2 is 2.22 bits per heavy atom. The van der Waals surface area contributed by atoms with E-state index in [1.807, 2.05) is 0 Å². The van der Waals surface area contributed by atoms with Crippen molar-refractivity contribution in [3.8, 4) is 11.5 Å². The number of carboxylic acids is 1. The Labute approximate surface area is 158 Å². The molecule has 0 radical (unpaired) electrons. The van der Waals surface area contributed by atoms with Gasteiger partial charge in [-0.2, -0.15) is 5.10 Å². The van der Waals surface area contributed by atoms with Crippen LogP contribution in [-0.2, 0) is 14.4 Å². The molecule has 1 aliphatic rings. The number of thioether (sulfide) groups is 1. The molecule has 11 heteroatoms. The van der Waals surface area contributed by atoms with Crippen molar-refractivity contribution in [3.05, 3.63) is 23.8 Å². The van der Waals surface area contributed by atoms with Crippen LogP contribution in [0.2, 0.25) is 0 Å². The van der Waals surface area contributed by atoms with Crippen LogP contribution in [0.5, 0.6) is 11.5 Å². The van der Waals surface area contributed by atoms with E-state index in [0.29, 0.717) is 11.3 Å². The zero-order valence-corrected chi connectivity index (χ0v) is 15.2. The normalized spacial score (nSPS) is 17.9. The summed E-state index contributed by atoms with van der Waals surface area (Å²) >= 11 is 1.07. The van der Waals surface area contributed by atoms with Crippen LogP contribution < -0.4 is 15.4 Å². The topological polar surface area (TPSA) is 150 Å². The predicted molar refractivity (Wildman–Crippen MR) is 99.1 cm³/mol. The molecule has 0 aliphatic carbocycles. The fourth-order valence-corrected chi connectivity index (χ4v) is 2.98. The molecule has 0 bridgehead atoms. The highest BCUT2D eigenvalue weighted by atomic mass is 32.2. The van der Waals surface area contributed by atoms with Crippen molar-refractivity contribution in [1.82, 2.24) is 10.6 Å². The van der Waals surface area contributed by atoms with E-state index in [1.165, 1.54) is 19.4 Å². The Bertz CT molecular complexity index is 795. The zero-order chi connectivity index (χ0) is 19.8. The summed E-state index contributed by atoms with van der Waals surface area (Å²) in [6.45, 7) is 0.00844. The second-order valence-electron chi connectivity index (χ2n) is 5.37. The van der Waals surface area contributed by atoms with Gasteiger partial charge in [-0.25, -0.2) is 0 Å². The molecule has 0 aromatic heterocycles. The number of methoxy groups -OCH3 is 1. The number of phenolic OH excluding ortho intramolecular Hbond substituents is 1. The molecule has 4 N–H and O–H groups in total. The van der Waals surface area contributed by atoms with Gasteiger partial charge in [-0.1, -0.05) is 11.8 Å². The maximum Gasteiger partial charge on any atom is 0.305 e. The van der Waals surface area contributed by atoms with E-state index in [9.17, 15) is 19.5 Å². The maximum absolute atomic E-state index is 11.9. The van der Waals surface area contributed by atoms with Crippen LogP contribution in [0.1, 0.15) is 18.4 Å². The second-order valence-corrected chi connectivity index (χ2v) is 6.57. The minimum atomic E-state index is -1.01. The molecule has 27 heavy (non-hydrogen) atoms. The largest absolute Gasteiger partial charge is 0.504 e. The van der Waals surface area contributed by atoms with Crippen LogP contribution in [-0.4, -0.2) is 58.3 Å². The molecule has 144 valence electrons. The molecule has 1 aromatic rings. The van der Waals surface area contributed by atoms with Gasteiger partial charge in [-0.15, -0.1) is 5.10 Å². The Morgan fingerprint density at radius 3 is 2.93 bits per heavy atom. The molecule has 2 amide bonds. The van der Waals surface area contributed by atoms with Crippen LogP contribution in [0.4, 0.5) is 0 Å². The van der Waals surface area contributed by atoms with Gasteiger partial charge in [0.25, 0.3) is 0 Å². The van der Waals surface area contributed by atoms with Crippen molar-refractivity contribution < 1.29 is 29.3 Å². The Balaban J connectivity index is 1.88. The molecule has 1 saturated heterocycles. The molecule has 1 heterocycles. The number of aromatic hydroxyl groups is 1. The van der Waals surface area contributed by atoms with E-state index in [2.05, 4.69) is 20.8 Å². The van der Waals surface area contributed by atoms with Crippen molar-refractivity contribution in [1.29, 1.82) is 0 Å². The van der Waals surface area contributed by atoms with Gasteiger partial charge in [0.05, 0.1) is 19.7 Å². The number of carbonyl (C=O) groups is 3. The second kappa shape index (κ2) is 9.57. The van der Waals surface area contributed by atoms with Gasteiger partial charge in [0.1, 0.15) is 5.25 Å². The highest BCUT2D eigenvalue weighted by molar-refractivity contribution is 8.15. The molecule has 1 unspecified atom stereocenters. The quantitative estimate of drug-likeness (QED) is 0.366. The summed E-state index contributed by atoms with van der Waals surface area (Å²) in [5, 5.41) is 30.4. The van der Waals surface area contributed by atoms with E-state index in [0.717, 1.165) is 11.8 Å². The minimum absolute atomic E-state index is 0.00375. The van der Waals surface area contributed by atoms with Gasteiger partial charge in [0.15, 0.2) is 16.7 Å². The molecular formula is C16H18N4O6S. The van der Waals surface area contributed by atoms with Crippen molar-refractivity contribution in [2.24, 2.45) is 10.2 Å². The standard InChI is InChI=1S/C16H18N4O6S/c1-26-11-6-9(2-3-10(11)21)8-18-20-16-19-15(25)12(27-16)7-13(22)17-5-4-14(23)24/h2-3,6,8,12,21H,4-5,7H2,1H3,(H,17,22)(H,23,24)(H,19,20,25)/b18-8+. The number of hydrogen-bond acceptors (Lipinski definition) is 8. The summed E-state index contributed by atoms with van der Waals surface area (Å²) in [6.07, 6.45) is 1.15. The molecule has 10 nitrogen and oxygen atoms in total. The SMILES string of the molecule is COc1cc(/C=N/N=C2/NC(=O)C(CC(=O)NCCC(=O)O)S2)ccc1O. The average Bonchev–Trinajstić information content (AvgIpc) is 2.95. The van der Waals surface area contributed by atoms with Crippen LogP contribution in [0.15, 0.2) is 28.4 Å².